The fourth-order valence-electron chi connectivity index (χ4n) is 2.96. The summed E-state index contributed by atoms with van der Waals surface area (Å²) in [6.45, 7) is 0. The number of ether oxygens (including phenoxy) is 3. The zero-order chi connectivity index (χ0) is 19.4. The average Bonchev–Trinajstić information content (AvgIpc) is 2.72. The van der Waals surface area contributed by atoms with Gasteiger partial charge in [-0.1, -0.05) is 30.3 Å². The molecule has 6 heteroatoms. The molecule has 3 aromatic rings. The molecular formula is C21H19N3O3. The fraction of sp³-hybridized carbons (Fsp3) is 0.143. The second kappa shape index (κ2) is 7.67. The van der Waals surface area contributed by atoms with Crippen LogP contribution in [0, 0.1) is 11.3 Å². The number of nitrogens with zero attached hydrogens (tertiary/aromatic N) is 2. The van der Waals surface area contributed by atoms with E-state index in [2.05, 4.69) is 11.1 Å². The van der Waals surface area contributed by atoms with Crippen LogP contribution >= 0.6 is 0 Å². The number of methoxy groups -OCH3 is 3. The van der Waals surface area contributed by atoms with Crippen LogP contribution in [0.4, 0.5) is 5.82 Å². The van der Waals surface area contributed by atoms with E-state index in [0.717, 1.165) is 5.56 Å². The molecule has 0 unspecified atom stereocenters. The largest absolute Gasteiger partial charge is 0.493 e. The minimum Gasteiger partial charge on any atom is -0.493 e. The molecule has 0 amide bonds. The molecule has 0 bridgehead atoms. The first-order valence-electron chi connectivity index (χ1n) is 8.20. The van der Waals surface area contributed by atoms with Crippen molar-refractivity contribution in [3.8, 4) is 45.7 Å². The van der Waals surface area contributed by atoms with Crippen molar-refractivity contribution in [3.63, 3.8) is 0 Å². The topological polar surface area (TPSA) is 90.4 Å². The normalized spacial score (nSPS) is 10.1. The number of hydrogen-bond donors (Lipinski definition) is 1. The number of anilines is 1. The summed E-state index contributed by atoms with van der Waals surface area (Å²) in [5.74, 6) is 1.59. The van der Waals surface area contributed by atoms with Crippen molar-refractivity contribution in [1.29, 1.82) is 5.26 Å². The minimum absolute atomic E-state index is 0.158. The van der Waals surface area contributed by atoms with Crippen LogP contribution in [0.1, 0.15) is 5.56 Å². The number of pyridine rings is 1. The predicted octanol–water partition coefficient (Wildman–Crippen LogP) is 3.90. The van der Waals surface area contributed by atoms with Crippen LogP contribution in [0.2, 0.25) is 0 Å². The van der Waals surface area contributed by atoms with Crippen molar-refractivity contribution in [2.45, 2.75) is 0 Å². The third-order valence-electron chi connectivity index (χ3n) is 4.22. The number of aromatic nitrogens is 1. The Labute approximate surface area is 157 Å². The van der Waals surface area contributed by atoms with Crippen molar-refractivity contribution in [2.75, 3.05) is 27.1 Å². The Kier molecular flexibility index (Phi) is 5.13. The molecule has 2 aromatic carbocycles. The Morgan fingerprint density at radius 3 is 2.19 bits per heavy atom. The number of rotatable bonds is 5. The van der Waals surface area contributed by atoms with E-state index in [0.29, 0.717) is 34.1 Å². The Morgan fingerprint density at radius 2 is 1.59 bits per heavy atom. The molecule has 0 aliphatic carbocycles. The molecular weight excluding hydrogens is 342 g/mol. The Balaban J connectivity index is 2.31. The van der Waals surface area contributed by atoms with Crippen LogP contribution < -0.4 is 19.9 Å². The van der Waals surface area contributed by atoms with Gasteiger partial charge in [0, 0.05) is 16.7 Å². The smallest absolute Gasteiger partial charge is 0.203 e. The summed E-state index contributed by atoms with van der Waals surface area (Å²) in [4.78, 5) is 4.39. The quantitative estimate of drug-likeness (QED) is 0.741. The number of nitrogen functional groups attached to an aromatic ring is 1. The highest BCUT2D eigenvalue weighted by Crippen LogP contribution is 2.46. The van der Waals surface area contributed by atoms with Crippen molar-refractivity contribution in [1.82, 2.24) is 4.98 Å². The fourth-order valence-corrected chi connectivity index (χ4v) is 2.96. The molecule has 3 rings (SSSR count). The first-order valence-corrected chi connectivity index (χ1v) is 8.20. The maximum Gasteiger partial charge on any atom is 0.203 e. The Bertz CT molecular complexity index is 1010. The zero-order valence-corrected chi connectivity index (χ0v) is 15.3. The van der Waals surface area contributed by atoms with Gasteiger partial charge in [-0.25, -0.2) is 4.98 Å². The third-order valence-corrected chi connectivity index (χ3v) is 4.22. The van der Waals surface area contributed by atoms with Crippen molar-refractivity contribution in [3.05, 3.63) is 54.1 Å². The maximum atomic E-state index is 9.65. The standard InChI is InChI=1S/C21H19N3O3/c1-25-18-10-9-14(19(26-2)20(18)27-3)15-11-17(13-7-5-4-6-8-13)24-21(23)16(15)12-22/h4-11H,1-3H3,(H2,23,24). The predicted molar refractivity (Wildman–Crippen MR) is 104 cm³/mol. The van der Waals surface area contributed by atoms with Crippen LogP contribution in [0.15, 0.2) is 48.5 Å². The van der Waals surface area contributed by atoms with Crippen molar-refractivity contribution < 1.29 is 14.2 Å². The van der Waals surface area contributed by atoms with Gasteiger partial charge in [0.1, 0.15) is 17.5 Å². The number of nitrogens with two attached hydrogens (primary N) is 1. The summed E-state index contributed by atoms with van der Waals surface area (Å²) >= 11 is 0. The molecule has 0 radical (unpaired) electrons. The molecule has 136 valence electrons. The molecule has 2 N–H and O–H groups in total. The van der Waals surface area contributed by atoms with Gasteiger partial charge in [0.2, 0.25) is 5.75 Å². The second-order valence-corrected chi connectivity index (χ2v) is 5.68. The van der Waals surface area contributed by atoms with Gasteiger partial charge >= 0.3 is 0 Å². The van der Waals surface area contributed by atoms with E-state index >= 15 is 0 Å². The summed E-state index contributed by atoms with van der Waals surface area (Å²) in [6.07, 6.45) is 0. The van der Waals surface area contributed by atoms with Gasteiger partial charge < -0.3 is 19.9 Å². The molecule has 27 heavy (non-hydrogen) atoms. The SMILES string of the molecule is COc1ccc(-c2cc(-c3ccccc3)nc(N)c2C#N)c(OC)c1OC. The lowest BCUT2D eigenvalue weighted by atomic mass is 9.97. The Morgan fingerprint density at radius 1 is 0.889 bits per heavy atom. The van der Waals surface area contributed by atoms with Gasteiger partial charge in [0.15, 0.2) is 11.5 Å². The van der Waals surface area contributed by atoms with Crippen LogP contribution in [0.5, 0.6) is 17.2 Å². The van der Waals surface area contributed by atoms with Gasteiger partial charge in [0.25, 0.3) is 0 Å². The molecule has 0 spiro atoms. The average molecular weight is 361 g/mol. The first-order chi connectivity index (χ1) is 13.1. The van der Waals surface area contributed by atoms with Crippen LogP contribution in [0.3, 0.4) is 0 Å². The Hall–Kier alpha value is -3.72. The third kappa shape index (κ3) is 3.23. The number of benzene rings is 2. The van der Waals surface area contributed by atoms with Gasteiger partial charge in [0.05, 0.1) is 27.0 Å². The summed E-state index contributed by atoms with van der Waals surface area (Å²) in [5, 5.41) is 9.65. The number of hydrogen-bond acceptors (Lipinski definition) is 6. The lowest BCUT2D eigenvalue weighted by molar-refractivity contribution is 0.325. The van der Waals surface area contributed by atoms with E-state index in [4.69, 9.17) is 19.9 Å². The van der Waals surface area contributed by atoms with Crippen molar-refractivity contribution >= 4 is 5.82 Å². The van der Waals surface area contributed by atoms with Gasteiger partial charge in [-0.15, -0.1) is 0 Å². The molecule has 0 saturated carbocycles. The molecule has 1 heterocycles. The monoisotopic (exact) mass is 361 g/mol. The molecule has 1 aromatic heterocycles. The zero-order valence-electron chi connectivity index (χ0n) is 15.3. The molecule has 0 atom stereocenters. The highest BCUT2D eigenvalue weighted by atomic mass is 16.5. The van der Waals surface area contributed by atoms with Crippen LogP contribution in [-0.2, 0) is 0 Å². The maximum absolute atomic E-state index is 9.65. The lowest BCUT2D eigenvalue weighted by Crippen LogP contribution is -2.02. The molecule has 0 fully saturated rings. The van der Waals surface area contributed by atoms with E-state index in [1.807, 2.05) is 42.5 Å². The summed E-state index contributed by atoms with van der Waals surface area (Å²) in [6, 6.07) is 17.2. The lowest BCUT2D eigenvalue weighted by Gasteiger charge is -2.17. The van der Waals surface area contributed by atoms with Gasteiger partial charge in [-0.2, -0.15) is 5.26 Å². The van der Waals surface area contributed by atoms with E-state index in [1.165, 1.54) is 14.2 Å². The summed E-state index contributed by atoms with van der Waals surface area (Å²) in [7, 11) is 4.62. The molecule has 0 saturated heterocycles. The molecule has 0 aliphatic heterocycles. The second-order valence-electron chi connectivity index (χ2n) is 5.68. The van der Waals surface area contributed by atoms with Gasteiger partial charge in [-0.3, -0.25) is 0 Å². The van der Waals surface area contributed by atoms with Crippen molar-refractivity contribution in [2.24, 2.45) is 0 Å². The van der Waals surface area contributed by atoms with E-state index in [9.17, 15) is 5.26 Å². The number of nitriles is 1. The highest BCUT2D eigenvalue weighted by Gasteiger charge is 2.21. The summed E-state index contributed by atoms with van der Waals surface area (Å²) in [5.41, 5.74) is 9.21. The van der Waals surface area contributed by atoms with Crippen LogP contribution in [-0.4, -0.2) is 26.3 Å². The molecule has 0 aliphatic rings. The van der Waals surface area contributed by atoms with E-state index in [-0.39, 0.29) is 11.4 Å². The summed E-state index contributed by atoms with van der Waals surface area (Å²) < 4.78 is 16.4. The van der Waals surface area contributed by atoms with E-state index < -0.39 is 0 Å². The van der Waals surface area contributed by atoms with Gasteiger partial charge in [-0.05, 0) is 18.2 Å². The highest BCUT2D eigenvalue weighted by molar-refractivity contribution is 5.85. The minimum atomic E-state index is 0.158. The molecule has 6 nitrogen and oxygen atoms in total. The van der Waals surface area contributed by atoms with E-state index in [1.54, 1.807) is 13.2 Å². The van der Waals surface area contributed by atoms with Crippen LogP contribution in [0.25, 0.3) is 22.4 Å². The first kappa shape index (κ1) is 18.1.